The Morgan fingerprint density at radius 2 is 2.00 bits per heavy atom. The molecular weight excluding hydrogens is 256 g/mol. The molecule has 0 saturated heterocycles. The molecule has 1 aromatic heterocycles. The lowest BCUT2D eigenvalue weighted by Crippen LogP contribution is -2.21. The lowest BCUT2D eigenvalue weighted by atomic mass is 10.3. The maximum Gasteiger partial charge on any atom is 0.326 e. The van der Waals surface area contributed by atoms with Crippen molar-refractivity contribution in [1.82, 2.24) is 9.55 Å². The van der Waals surface area contributed by atoms with Gasteiger partial charge in [-0.1, -0.05) is 11.6 Å². The Hall–Kier alpha value is -2.21. The largest absolute Gasteiger partial charge is 0.492 e. The van der Waals surface area contributed by atoms with E-state index in [1.165, 1.54) is 10.8 Å². The van der Waals surface area contributed by atoms with Crippen LogP contribution in [0.25, 0.3) is 0 Å². The molecule has 2 aromatic rings. The zero-order valence-electron chi connectivity index (χ0n) is 9.51. The molecule has 6 nitrogen and oxygen atoms in total. The molecule has 0 unspecified atom stereocenters. The molecule has 0 radical (unpaired) electrons. The SMILES string of the molecule is Cn1cc(O)nc1NC(=O)Nc1ccc(Cl)cc1. The normalized spacial score (nSPS) is 10.1. The van der Waals surface area contributed by atoms with E-state index < -0.39 is 6.03 Å². The number of hydrogen-bond acceptors (Lipinski definition) is 3. The number of aromatic hydroxyl groups is 1. The van der Waals surface area contributed by atoms with Crippen molar-refractivity contribution < 1.29 is 9.90 Å². The van der Waals surface area contributed by atoms with Crippen molar-refractivity contribution in [3.63, 3.8) is 0 Å². The number of amides is 2. The smallest absolute Gasteiger partial charge is 0.326 e. The highest BCUT2D eigenvalue weighted by atomic mass is 35.5. The van der Waals surface area contributed by atoms with Gasteiger partial charge < -0.3 is 15.0 Å². The number of aryl methyl sites for hydroxylation is 1. The van der Waals surface area contributed by atoms with E-state index in [9.17, 15) is 4.79 Å². The monoisotopic (exact) mass is 266 g/mol. The van der Waals surface area contributed by atoms with E-state index in [1.807, 2.05) is 0 Å². The second-order valence-electron chi connectivity index (χ2n) is 3.62. The van der Waals surface area contributed by atoms with Crippen LogP contribution in [0.1, 0.15) is 0 Å². The summed E-state index contributed by atoms with van der Waals surface area (Å²) in [6.07, 6.45) is 1.39. The summed E-state index contributed by atoms with van der Waals surface area (Å²) in [5.74, 6) is 0.0956. The fraction of sp³-hybridized carbons (Fsp3) is 0.0909. The molecule has 0 aliphatic rings. The third-order valence-electron chi connectivity index (χ3n) is 2.19. The summed E-state index contributed by atoms with van der Waals surface area (Å²) in [7, 11) is 1.66. The number of nitrogens with one attached hydrogen (secondary N) is 2. The van der Waals surface area contributed by atoms with Gasteiger partial charge in [-0.05, 0) is 24.3 Å². The minimum absolute atomic E-state index is 0.153. The summed E-state index contributed by atoms with van der Waals surface area (Å²) < 4.78 is 1.50. The van der Waals surface area contributed by atoms with Crippen LogP contribution in [0.2, 0.25) is 5.02 Å². The van der Waals surface area contributed by atoms with Crippen LogP contribution in [0.3, 0.4) is 0 Å². The zero-order chi connectivity index (χ0) is 13.1. The van der Waals surface area contributed by atoms with Crippen molar-refractivity contribution in [3.05, 3.63) is 35.5 Å². The van der Waals surface area contributed by atoms with Gasteiger partial charge in [0.05, 0.1) is 6.20 Å². The number of hydrogen-bond donors (Lipinski definition) is 3. The molecule has 0 atom stereocenters. The number of benzene rings is 1. The van der Waals surface area contributed by atoms with Crippen molar-refractivity contribution >= 4 is 29.3 Å². The van der Waals surface area contributed by atoms with Gasteiger partial charge in [0.15, 0.2) is 0 Å². The molecule has 0 fully saturated rings. The molecule has 0 bridgehead atoms. The standard InChI is InChI=1S/C11H11ClN4O2/c1-16-6-9(17)14-10(16)15-11(18)13-8-4-2-7(12)3-5-8/h2-6,17H,1H3,(H2,13,14,15,18). The summed E-state index contributed by atoms with van der Waals surface area (Å²) in [4.78, 5) is 15.4. The molecule has 2 amide bonds. The molecule has 18 heavy (non-hydrogen) atoms. The summed E-state index contributed by atoms with van der Waals surface area (Å²) in [5, 5.41) is 14.9. The molecule has 1 heterocycles. The van der Waals surface area contributed by atoms with Crippen molar-refractivity contribution in [3.8, 4) is 5.88 Å². The molecule has 3 N–H and O–H groups in total. The van der Waals surface area contributed by atoms with Crippen LogP contribution in [-0.2, 0) is 7.05 Å². The number of carbonyl (C=O) groups excluding carboxylic acids is 1. The van der Waals surface area contributed by atoms with Crippen molar-refractivity contribution in [1.29, 1.82) is 0 Å². The van der Waals surface area contributed by atoms with Crippen LogP contribution in [0.15, 0.2) is 30.5 Å². The minimum atomic E-state index is -0.453. The first-order valence-electron chi connectivity index (χ1n) is 5.10. The first-order valence-corrected chi connectivity index (χ1v) is 5.48. The Kier molecular flexibility index (Phi) is 3.38. The Morgan fingerprint density at radius 3 is 2.56 bits per heavy atom. The highest BCUT2D eigenvalue weighted by molar-refractivity contribution is 6.30. The van der Waals surface area contributed by atoms with Gasteiger partial charge in [-0.25, -0.2) is 4.79 Å². The second kappa shape index (κ2) is 4.97. The van der Waals surface area contributed by atoms with Crippen molar-refractivity contribution in [2.24, 2.45) is 7.05 Å². The Balaban J connectivity index is 2.01. The maximum atomic E-state index is 11.6. The fourth-order valence-electron chi connectivity index (χ4n) is 1.36. The summed E-state index contributed by atoms with van der Waals surface area (Å²) in [6.45, 7) is 0. The lowest BCUT2D eigenvalue weighted by molar-refractivity contribution is 0.262. The van der Waals surface area contributed by atoms with Crippen LogP contribution < -0.4 is 10.6 Å². The molecule has 7 heteroatoms. The van der Waals surface area contributed by atoms with E-state index in [-0.39, 0.29) is 11.8 Å². The van der Waals surface area contributed by atoms with E-state index in [0.29, 0.717) is 10.7 Å². The van der Waals surface area contributed by atoms with E-state index in [2.05, 4.69) is 15.6 Å². The molecule has 0 spiro atoms. The first-order chi connectivity index (χ1) is 8.54. The van der Waals surface area contributed by atoms with Crippen molar-refractivity contribution in [2.75, 3.05) is 10.6 Å². The van der Waals surface area contributed by atoms with Gasteiger partial charge in [-0.2, -0.15) is 4.98 Å². The van der Waals surface area contributed by atoms with E-state index in [0.717, 1.165) is 0 Å². The Labute approximate surface area is 108 Å². The molecule has 2 rings (SSSR count). The van der Waals surface area contributed by atoms with Crippen LogP contribution in [0.5, 0.6) is 5.88 Å². The number of aromatic nitrogens is 2. The molecular formula is C11H11ClN4O2. The molecule has 94 valence electrons. The molecule has 0 aliphatic carbocycles. The first kappa shape index (κ1) is 12.3. The third-order valence-corrected chi connectivity index (χ3v) is 2.44. The predicted molar refractivity (Wildman–Crippen MR) is 69.0 cm³/mol. The summed E-state index contributed by atoms with van der Waals surface area (Å²) in [5.41, 5.74) is 0.607. The second-order valence-corrected chi connectivity index (χ2v) is 4.06. The van der Waals surface area contributed by atoms with E-state index in [4.69, 9.17) is 16.7 Å². The number of nitrogens with zero attached hydrogens (tertiary/aromatic N) is 2. The van der Waals surface area contributed by atoms with Gasteiger partial charge in [0.25, 0.3) is 0 Å². The van der Waals surface area contributed by atoms with Gasteiger partial charge in [0, 0.05) is 17.8 Å². The van der Waals surface area contributed by atoms with Crippen LogP contribution >= 0.6 is 11.6 Å². The van der Waals surface area contributed by atoms with Gasteiger partial charge in [-0.15, -0.1) is 0 Å². The van der Waals surface area contributed by atoms with Crippen LogP contribution in [-0.4, -0.2) is 20.7 Å². The number of rotatable bonds is 2. The van der Waals surface area contributed by atoms with Crippen molar-refractivity contribution in [2.45, 2.75) is 0 Å². The van der Waals surface area contributed by atoms with Gasteiger partial charge in [-0.3, -0.25) is 5.32 Å². The topological polar surface area (TPSA) is 79.2 Å². The minimum Gasteiger partial charge on any atom is -0.492 e. The predicted octanol–water partition coefficient (Wildman–Crippen LogP) is 2.42. The van der Waals surface area contributed by atoms with Crippen LogP contribution in [0, 0.1) is 0 Å². The zero-order valence-corrected chi connectivity index (χ0v) is 10.3. The number of anilines is 2. The van der Waals surface area contributed by atoms with E-state index in [1.54, 1.807) is 31.3 Å². The summed E-state index contributed by atoms with van der Waals surface area (Å²) >= 11 is 5.73. The van der Waals surface area contributed by atoms with Gasteiger partial charge in [0.1, 0.15) is 0 Å². The number of urea groups is 1. The lowest BCUT2D eigenvalue weighted by Gasteiger charge is -2.06. The molecule has 0 saturated carbocycles. The quantitative estimate of drug-likeness (QED) is 0.781. The third kappa shape index (κ3) is 2.92. The highest BCUT2D eigenvalue weighted by Crippen LogP contribution is 2.15. The number of carbonyl (C=O) groups is 1. The average Bonchev–Trinajstić information content (AvgIpc) is 2.61. The average molecular weight is 267 g/mol. The molecule has 1 aromatic carbocycles. The maximum absolute atomic E-state index is 11.6. The Bertz CT molecular complexity index is 565. The van der Waals surface area contributed by atoms with E-state index >= 15 is 0 Å². The Morgan fingerprint density at radius 1 is 1.33 bits per heavy atom. The van der Waals surface area contributed by atoms with Gasteiger partial charge >= 0.3 is 6.03 Å². The summed E-state index contributed by atoms with van der Waals surface area (Å²) in [6, 6.07) is 6.24. The number of imidazole rings is 1. The number of halogens is 1. The van der Waals surface area contributed by atoms with Gasteiger partial charge in [0.2, 0.25) is 11.8 Å². The highest BCUT2D eigenvalue weighted by Gasteiger charge is 2.08. The molecule has 0 aliphatic heterocycles. The fourth-order valence-corrected chi connectivity index (χ4v) is 1.49. The van der Waals surface area contributed by atoms with Crippen LogP contribution in [0.4, 0.5) is 16.4 Å².